The van der Waals surface area contributed by atoms with E-state index in [9.17, 15) is 14.4 Å². The topological polar surface area (TPSA) is 109 Å². The predicted octanol–water partition coefficient (Wildman–Crippen LogP) is 2.38. The van der Waals surface area contributed by atoms with Gasteiger partial charge in [0, 0.05) is 17.7 Å². The fourth-order valence-corrected chi connectivity index (χ4v) is 2.42. The fourth-order valence-electron chi connectivity index (χ4n) is 2.28. The fraction of sp³-hybridized carbons (Fsp3) is 0.200. The molecule has 9 heteroatoms. The average Bonchev–Trinajstić information content (AvgIpc) is 2.73. The molecule has 0 aliphatic rings. The summed E-state index contributed by atoms with van der Waals surface area (Å²) in [5, 5.41) is 5.10. The zero-order chi connectivity index (χ0) is 21.2. The van der Waals surface area contributed by atoms with Crippen molar-refractivity contribution in [1.29, 1.82) is 0 Å². The Bertz CT molecular complexity index is 900. The number of hydrogen-bond donors (Lipinski definition) is 4. The number of hydrazine groups is 1. The van der Waals surface area contributed by atoms with Crippen molar-refractivity contribution in [3.8, 4) is 5.75 Å². The molecule has 0 unspecified atom stereocenters. The third-order valence-corrected chi connectivity index (χ3v) is 3.90. The Labute approximate surface area is 174 Å². The Hall–Kier alpha value is -3.46. The molecule has 0 saturated heterocycles. The lowest BCUT2D eigenvalue weighted by Crippen LogP contribution is -2.48. The van der Waals surface area contributed by atoms with Crippen LogP contribution < -0.4 is 26.2 Å². The number of nitrogens with one attached hydrogen (secondary N) is 4. The molecule has 0 saturated carbocycles. The second kappa shape index (κ2) is 10.8. The van der Waals surface area contributed by atoms with Gasteiger partial charge in [0.05, 0.1) is 12.2 Å². The summed E-state index contributed by atoms with van der Waals surface area (Å²) in [7, 11) is 0. The first-order valence-electron chi connectivity index (χ1n) is 8.98. The highest BCUT2D eigenvalue weighted by Crippen LogP contribution is 2.17. The van der Waals surface area contributed by atoms with Crippen LogP contribution in [0, 0.1) is 0 Å². The summed E-state index contributed by atoms with van der Waals surface area (Å²) in [6.07, 6.45) is 0.365. The van der Waals surface area contributed by atoms with Gasteiger partial charge in [-0.1, -0.05) is 19.1 Å². The minimum Gasteiger partial charge on any atom is -0.493 e. The Kier molecular flexibility index (Phi) is 8.11. The van der Waals surface area contributed by atoms with Crippen molar-refractivity contribution in [2.24, 2.45) is 0 Å². The number of carbonyl (C=O) groups is 3. The van der Waals surface area contributed by atoms with Crippen molar-refractivity contribution in [2.75, 3.05) is 11.9 Å². The third-order valence-electron chi connectivity index (χ3n) is 3.70. The van der Waals surface area contributed by atoms with E-state index in [4.69, 9.17) is 17.0 Å². The van der Waals surface area contributed by atoms with Gasteiger partial charge in [-0.05, 0) is 55.5 Å². The van der Waals surface area contributed by atoms with Crippen LogP contribution in [0.2, 0.25) is 0 Å². The second-order valence-corrected chi connectivity index (χ2v) is 6.18. The summed E-state index contributed by atoms with van der Waals surface area (Å²) >= 11 is 5.04. The summed E-state index contributed by atoms with van der Waals surface area (Å²) in [6.45, 7) is 3.99. The van der Waals surface area contributed by atoms with E-state index in [0.717, 1.165) is 0 Å². The standard InChI is InChI=1S/C20H22N4O4S/c1-3-17(25)21-14-11-9-13(10-12-14)18(26)23-24-20(29)22-19(27)15-7-5-6-8-16(15)28-4-2/h5-12H,3-4H2,1-2H3,(H,21,25)(H,23,26)(H2,22,24,27,29). The lowest BCUT2D eigenvalue weighted by molar-refractivity contribution is -0.115. The monoisotopic (exact) mass is 414 g/mol. The predicted molar refractivity (Wildman–Crippen MR) is 114 cm³/mol. The van der Waals surface area contributed by atoms with E-state index in [0.29, 0.717) is 35.6 Å². The highest BCUT2D eigenvalue weighted by atomic mass is 32.1. The molecule has 4 N–H and O–H groups in total. The largest absolute Gasteiger partial charge is 0.493 e. The van der Waals surface area contributed by atoms with Crippen molar-refractivity contribution in [2.45, 2.75) is 20.3 Å². The van der Waals surface area contributed by atoms with Gasteiger partial charge in [-0.15, -0.1) is 0 Å². The average molecular weight is 414 g/mol. The Morgan fingerprint density at radius 1 is 0.931 bits per heavy atom. The highest BCUT2D eigenvalue weighted by molar-refractivity contribution is 7.80. The highest BCUT2D eigenvalue weighted by Gasteiger charge is 2.14. The number of ether oxygens (including phenoxy) is 1. The van der Waals surface area contributed by atoms with Gasteiger partial charge < -0.3 is 10.1 Å². The zero-order valence-corrected chi connectivity index (χ0v) is 16.9. The van der Waals surface area contributed by atoms with Crippen LogP contribution in [-0.4, -0.2) is 29.4 Å². The SMILES string of the molecule is CCOc1ccccc1C(=O)NC(=S)NNC(=O)c1ccc(NC(=O)CC)cc1. The first-order chi connectivity index (χ1) is 13.9. The van der Waals surface area contributed by atoms with Crippen LogP contribution in [-0.2, 0) is 4.79 Å². The molecule has 0 spiro atoms. The number of benzene rings is 2. The molecule has 2 aromatic rings. The van der Waals surface area contributed by atoms with E-state index in [1.54, 1.807) is 55.5 Å². The molecule has 2 rings (SSSR count). The maximum Gasteiger partial charge on any atom is 0.269 e. The van der Waals surface area contributed by atoms with Gasteiger partial charge in [-0.25, -0.2) is 0 Å². The molecule has 3 amide bonds. The van der Waals surface area contributed by atoms with Crippen LogP contribution in [0.5, 0.6) is 5.75 Å². The molecule has 0 fully saturated rings. The van der Waals surface area contributed by atoms with Gasteiger partial charge in [0.2, 0.25) is 5.91 Å². The summed E-state index contributed by atoms with van der Waals surface area (Å²) < 4.78 is 5.42. The van der Waals surface area contributed by atoms with Crippen LogP contribution in [0.15, 0.2) is 48.5 Å². The number of amides is 3. The van der Waals surface area contributed by atoms with Gasteiger partial charge in [0.15, 0.2) is 5.11 Å². The summed E-state index contributed by atoms with van der Waals surface area (Å²) in [6, 6.07) is 13.1. The van der Waals surface area contributed by atoms with E-state index >= 15 is 0 Å². The van der Waals surface area contributed by atoms with Crippen LogP contribution in [0.25, 0.3) is 0 Å². The van der Waals surface area contributed by atoms with Crippen LogP contribution >= 0.6 is 12.2 Å². The molecule has 0 radical (unpaired) electrons. The van der Waals surface area contributed by atoms with Crippen LogP contribution in [0.4, 0.5) is 5.69 Å². The number of carbonyl (C=O) groups excluding carboxylic acids is 3. The van der Waals surface area contributed by atoms with E-state index < -0.39 is 11.8 Å². The Balaban J connectivity index is 1.88. The second-order valence-electron chi connectivity index (χ2n) is 5.77. The van der Waals surface area contributed by atoms with Crippen LogP contribution in [0.3, 0.4) is 0 Å². The van der Waals surface area contributed by atoms with Crippen molar-refractivity contribution < 1.29 is 19.1 Å². The first-order valence-corrected chi connectivity index (χ1v) is 9.38. The lowest BCUT2D eigenvalue weighted by Gasteiger charge is -2.13. The number of para-hydroxylation sites is 1. The van der Waals surface area contributed by atoms with Crippen molar-refractivity contribution >= 4 is 40.7 Å². The van der Waals surface area contributed by atoms with Crippen molar-refractivity contribution in [3.05, 3.63) is 59.7 Å². The van der Waals surface area contributed by atoms with E-state index in [1.165, 1.54) is 0 Å². The zero-order valence-electron chi connectivity index (χ0n) is 16.1. The molecule has 0 heterocycles. The molecular formula is C20H22N4O4S. The van der Waals surface area contributed by atoms with Gasteiger partial charge in [-0.3, -0.25) is 30.6 Å². The molecule has 0 aromatic heterocycles. The van der Waals surface area contributed by atoms with Crippen molar-refractivity contribution in [1.82, 2.24) is 16.2 Å². The molecule has 152 valence electrons. The smallest absolute Gasteiger partial charge is 0.269 e. The Morgan fingerprint density at radius 2 is 1.62 bits per heavy atom. The molecule has 2 aromatic carbocycles. The molecule has 0 atom stereocenters. The number of anilines is 1. The molecule has 8 nitrogen and oxygen atoms in total. The summed E-state index contributed by atoms with van der Waals surface area (Å²) in [4.78, 5) is 35.9. The third kappa shape index (κ3) is 6.58. The summed E-state index contributed by atoms with van der Waals surface area (Å²) in [5.74, 6) is -0.591. The van der Waals surface area contributed by atoms with Gasteiger partial charge >= 0.3 is 0 Å². The van der Waals surface area contributed by atoms with E-state index in [-0.39, 0.29) is 11.0 Å². The molecule has 0 bridgehead atoms. The Morgan fingerprint density at radius 3 is 2.28 bits per heavy atom. The molecule has 0 aliphatic carbocycles. The summed E-state index contributed by atoms with van der Waals surface area (Å²) in [5.41, 5.74) is 6.15. The maximum atomic E-state index is 12.3. The van der Waals surface area contributed by atoms with E-state index in [2.05, 4.69) is 21.5 Å². The number of hydrogen-bond acceptors (Lipinski definition) is 5. The van der Waals surface area contributed by atoms with E-state index in [1.807, 2.05) is 6.92 Å². The van der Waals surface area contributed by atoms with Gasteiger partial charge in [0.1, 0.15) is 5.75 Å². The van der Waals surface area contributed by atoms with Crippen LogP contribution in [0.1, 0.15) is 41.0 Å². The first kappa shape index (κ1) is 21.8. The minimum atomic E-state index is -0.461. The minimum absolute atomic E-state index is 0.0681. The van der Waals surface area contributed by atoms with Gasteiger partial charge in [-0.2, -0.15) is 0 Å². The molecule has 29 heavy (non-hydrogen) atoms. The number of thiocarbonyl (C=S) groups is 1. The maximum absolute atomic E-state index is 12.3. The van der Waals surface area contributed by atoms with Crippen molar-refractivity contribution in [3.63, 3.8) is 0 Å². The lowest BCUT2D eigenvalue weighted by atomic mass is 10.2. The quantitative estimate of drug-likeness (QED) is 0.427. The molecule has 0 aliphatic heterocycles. The van der Waals surface area contributed by atoms with Gasteiger partial charge in [0.25, 0.3) is 11.8 Å². The normalized spacial score (nSPS) is 9.86. The number of rotatable bonds is 6. The molecular weight excluding hydrogens is 392 g/mol.